The molecule has 1 heterocycles. The van der Waals surface area contributed by atoms with Crippen LogP contribution in [0.25, 0.3) is 11.0 Å². The quantitative estimate of drug-likeness (QED) is 0.627. The highest BCUT2D eigenvalue weighted by molar-refractivity contribution is 7.00. The fraction of sp³-hybridized carbons (Fsp3) is 0.385. The average Bonchev–Trinajstić information content (AvgIpc) is 2.90. The van der Waals surface area contributed by atoms with E-state index in [2.05, 4.69) is 19.4 Å². The van der Waals surface area contributed by atoms with Gasteiger partial charge in [-0.2, -0.15) is 8.75 Å². The maximum absolute atomic E-state index is 11.7. The van der Waals surface area contributed by atoms with E-state index in [1.807, 2.05) is 19.0 Å². The first kappa shape index (κ1) is 15.3. The maximum Gasteiger partial charge on any atom is 0.313 e. The Kier molecular flexibility index (Phi) is 5.18. The summed E-state index contributed by atoms with van der Waals surface area (Å²) < 4.78 is 8.16. The molecule has 0 aliphatic carbocycles. The lowest BCUT2D eigenvalue weighted by atomic mass is 10.2. The van der Waals surface area contributed by atoms with E-state index < -0.39 is 11.8 Å². The van der Waals surface area contributed by atoms with Gasteiger partial charge in [-0.3, -0.25) is 9.59 Å². The summed E-state index contributed by atoms with van der Waals surface area (Å²) in [5.41, 5.74) is 2.00. The van der Waals surface area contributed by atoms with E-state index in [1.54, 1.807) is 18.2 Å². The fourth-order valence-electron chi connectivity index (χ4n) is 1.73. The molecule has 0 unspecified atom stereocenters. The highest BCUT2D eigenvalue weighted by Gasteiger charge is 2.13. The predicted octanol–water partition coefficient (Wildman–Crippen LogP) is 0.698. The third kappa shape index (κ3) is 4.47. The normalized spacial score (nSPS) is 10.8. The smallest absolute Gasteiger partial charge is 0.313 e. The van der Waals surface area contributed by atoms with Crippen molar-refractivity contribution in [1.29, 1.82) is 0 Å². The lowest BCUT2D eigenvalue weighted by Crippen LogP contribution is -2.36. The van der Waals surface area contributed by atoms with E-state index in [1.165, 1.54) is 0 Å². The minimum atomic E-state index is -0.678. The second-order valence-corrected chi connectivity index (χ2v) is 5.36. The van der Waals surface area contributed by atoms with Crippen LogP contribution in [0, 0.1) is 0 Å². The molecule has 1 aromatic heterocycles. The van der Waals surface area contributed by atoms with E-state index in [4.69, 9.17) is 0 Å². The fourth-order valence-corrected chi connectivity index (χ4v) is 2.24. The van der Waals surface area contributed by atoms with Gasteiger partial charge < -0.3 is 15.5 Å². The number of hydrogen-bond acceptors (Lipinski definition) is 6. The van der Waals surface area contributed by atoms with Crippen LogP contribution in [-0.2, 0) is 9.59 Å². The zero-order valence-electron chi connectivity index (χ0n) is 11.9. The molecule has 2 aromatic rings. The SMILES string of the molecule is CN(C)CCCNC(=O)C(=O)Nc1ccc2nsnc2c1. The van der Waals surface area contributed by atoms with Crippen LogP contribution in [-0.4, -0.2) is 52.6 Å². The summed E-state index contributed by atoms with van der Waals surface area (Å²) in [6.07, 6.45) is 0.794. The second kappa shape index (κ2) is 7.09. The summed E-state index contributed by atoms with van der Waals surface area (Å²) in [5, 5.41) is 5.14. The molecular weight excluding hydrogens is 290 g/mol. The average molecular weight is 307 g/mol. The van der Waals surface area contributed by atoms with Crippen LogP contribution in [0.15, 0.2) is 18.2 Å². The van der Waals surface area contributed by atoms with Gasteiger partial charge in [0.1, 0.15) is 11.0 Å². The molecule has 1 aromatic carbocycles. The molecule has 7 nitrogen and oxygen atoms in total. The van der Waals surface area contributed by atoms with Crippen molar-refractivity contribution in [3.8, 4) is 0 Å². The summed E-state index contributed by atoms with van der Waals surface area (Å²) in [6.45, 7) is 1.33. The maximum atomic E-state index is 11.7. The molecule has 0 atom stereocenters. The number of anilines is 1. The standard InChI is InChI=1S/C13H17N5O2S/c1-18(2)7-3-6-14-12(19)13(20)15-9-4-5-10-11(8-9)17-21-16-10/h4-5,8H,3,6-7H2,1-2H3,(H,14,19)(H,15,20). The zero-order chi connectivity index (χ0) is 15.2. The molecule has 0 saturated heterocycles. The van der Waals surface area contributed by atoms with Crippen molar-refractivity contribution >= 4 is 40.3 Å². The first-order valence-electron chi connectivity index (χ1n) is 6.52. The Morgan fingerprint density at radius 2 is 1.95 bits per heavy atom. The minimum Gasteiger partial charge on any atom is -0.348 e. The number of benzene rings is 1. The number of aromatic nitrogens is 2. The number of amides is 2. The van der Waals surface area contributed by atoms with E-state index in [0.717, 1.165) is 30.2 Å². The molecule has 0 aliphatic rings. The third-order valence-corrected chi connectivity index (χ3v) is 3.34. The monoisotopic (exact) mass is 307 g/mol. The van der Waals surface area contributed by atoms with Crippen LogP contribution in [0.2, 0.25) is 0 Å². The molecule has 2 N–H and O–H groups in total. The Hall–Kier alpha value is -2.06. The number of nitrogens with zero attached hydrogens (tertiary/aromatic N) is 3. The molecule has 0 bridgehead atoms. The topological polar surface area (TPSA) is 87.2 Å². The molecule has 2 rings (SSSR count). The summed E-state index contributed by atoms with van der Waals surface area (Å²) in [5.74, 6) is -1.31. The third-order valence-electron chi connectivity index (χ3n) is 2.79. The van der Waals surface area contributed by atoms with Gasteiger partial charge in [-0.25, -0.2) is 0 Å². The lowest BCUT2D eigenvalue weighted by molar-refractivity contribution is -0.136. The van der Waals surface area contributed by atoms with Crippen LogP contribution in [0.5, 0.6) is 0 Å². The number of carbonyl (C=O) groups is 2. The number of rotatable bonds is 5. The van der Waals surface area contributed by atoms with E-state index in [-0.39, 0.29) is 0 Å². The van der Waals surface area contributed by atoms with Crippen molar-refractivity contribution in [3.05, 3.63) is 18.2 Å². The predicted molar refractivity (Wildman–Crippen MR) is 82.2 cm³/mol. The van der Waals surface area contributed by atoms with E-state index in [9.17, 15) is 9.59 Å². The molecule has 0 radical (unpaired) electrons. The van der Waals surface area contributed by atoms with E-state index in [0.29, 0.717) is 17.7 Å². The molecule has 0 aliphatic heterocycles. The van der Waals surface area contributed by atoms with Gasteiger partial charge in [0.2, 0.25) is 0 Å². The van der Waals surface area contributed by atoms with Crippen molar-refractivity contribution in [2.45, 2.75) is 6.42 Å². The second-order valence-electron chi connectivity index (χ2n) is 4.83. The van der Waals surface area contributed by atoms with Gasteiger partial charge in [-0.15, -0.1) is 0 Å². The van der Waals surface area contributed by atoms with Gasteiger partial charge in [0.05, 0.1) is 11.7 Å². The van der Waals surface area contributed by atoms with Crippen molar-refractivity contribution in [1.82, 2.24) is 19.0 Å². The Morgan fingerprint density at radius 3 is 2.71 bits per heavy atom. The van der Waals surface area contributed by atoms with Crippen LogP contribution in [0.1, 0.15) is 6.42 Å². The van der Waals surface area contributed by atoms with Crippen molar-refractivity contribution < 1.29 is 9.59 Å². The van der Waals surface area contributed by atoms with Gasteiger partial charge in [0.15, 0.2) is 0 Å². The molecule has 112 valence electrons. The summed E-state index contributed by atoms with van der Waals surface area (Å²) >= 11 is 1.11. The minimum absolute atomic E-state index is 0.472. The largest absolute Gasteiger partial charge is 0.348 e. The molecule has 2 amide bonds. The first-order chi connectivity index (χ1) is 10.1. The van der Waals surface area contributed by atoms with Crippen LogP contribution >= 0.6 is 11.7 Å². The van der Waals surface area contributed by atoms with Gasteiger partial charge in [-0.05, 0) is 45.3 Å². The van der Waals surface area contributed by atoms with Crippen LogP contribution < -0.4 is 10.6 Å². The molecule has 0 fully saturated rings. The van der Waals surface area contributed by atoms with E-state index >= 15 is 0 Å². The first-order valence-corrected chi connectivity index (χ1v) is 7.25. The van der Waals surface area contributed by atoms with Gasteiger partial charge in [0.25, 0.3) is 0 Å². The van der Waals surface area contributed by atoms with Crippen molar-refractivity contribution in [2.75, 3.05) is 32.5 Å². The molecule has 0 spiro atoms. The van der Waals surface area contributed by atoms with Crippen molar-refractivity contribution in [3.63, 3.8) is 0 Å². The Labute approximate surface area is 126 Å². The lowest BCUT2D eigenvalue weighted by Gasteiger charge is -2.10. The van der Waals surface area contributed by atoms with Crippen LogP contribution in [0.4, 0.5) is 5.69 Å². The molecule has 21 heavy (non-hydrogen) atoms. The molecular formula is C13H17N5O2S. The summed E-state index contributed by atoms with van der Waals surface area (Å²) in [7, 11) is 3.91. The van der Waals surface area contributed by atoms with Gasteiger partial charge in [-0.1, -0.05) is 0 Å². The Balaban J connectivity index is 1.84. The van der Waals surface area contributed by atoms with Crippen LogP contribution in [0.3, 0.4) is 0 Å². The van der Waals surface area contributed by atoms with Crippen molar-refractivity contribution in [2.24, 2.45) is 0 Å². The summed E-state index contributed by atoms with van der Waals surface area (Å²) in [6, 6.07) is 5.14. The zero-order valence-corrected chi connectivity index (χ0v) is 12.7. The number of hydrogen-bond donors (Lipinski definition) is 2. The number of nitrogens with one attached hydrogen (secondary N) is 2. The molecule has 0 saturated carbocycles. The number of fused-ring (bicyclic) bond motifs is 1. The Morgan fingerprint density at radius 1 is 1.19 bits per heavy atom. The van der Waals surface area contributed by atoms with Gasteiger partial charge >= 0.3 is 11.8 Å². The van der Waals surface area contributed by atoms with Gasteiger partial charge in [0, 0.05) is 12.2 Å². The summed E-state index contributed by atoms with van der Waals surface area (Å²) in [4.78, 5) is 25.4. The highest BCUT2D eigenvalue weighted by Crippen LogP contribution is 2.16. The highest BCUT2D eigenvalue weighted by atomic mass is 32.1. The molecule has 8 heteroatoms. The Bertz CT molecular complexity index is 640. The number of carbonyl (C=O) groups excluding carboxylic acids is 2.